The molecule has 4 heterocycles. The van der Waals surface area contributed by atoms with Gasteiger partial charge in [-0.15, -0.1) is 10.2 Å². The predicted molar refractivity (Wildman–Crippen MR) is 132 cm³/mol. The molecule has 0 spiro atoms. The first kappa shape index (κ1) is 22.9. The molecule has 0 saturated carbocycles. The molecular formula is C24H25N7O3S. The van der Waals surface area contributed by atoms with Crippen LogP contribution in [-0.2, 0) is 10.0 Å². The summed E-state index contributed by atoms with van der Waals surface area (Å²) in [6.07, 6.45) is 3.34. The number of nitrogens with one attached hydrogen (secondary N) is 1. The van der Waals surface area contributed by atoms with Crippen LogP contribution in [0.25, 0.3) is 11.3 Å². The lowest BCUT2D eigenvalue weighted by molar-refractivity contribution is 0.383. The summed E-state index contributed by atoms with van der Waals surface area (Å²) >= 11 is 0. The lowest BCUT2D eigenvalue weighted by Gasteiger charge is -2.34. The second-order valence-electron chi connectivity index (χ2n) is 8.29. The minimum Gasteiger partial charge on any atom is -0.449 e. The van der Waals surface area contributed by atoms with Crippen LogP contribution in [0.4, 0.5) is 17.5 Å². The van der Waals surface area contributed by atoms with Crippen LogP contribution in [0, 0.1) is 13.8 Å². The standard InChI is InChI=1S/C24H25N7O3S/c1-17-3-8-22(25-15-17)27-23-9-10-24(29-28-23)30-11-13-31(14-12-30)35(32,33)20-6-4-19(5-7-20)21-16-34-18(2)26-21/h3-10,15-16H,11-14H2,1-2H3,(H,25,27,28). The third-order valence-corrected chi connectivity index (χ3v) is 7.70. The second-order valence-corrected chi connectivity index (χ2v) is 10.2. The lowest BCUT2D eigenvalue weighted by Crippen LogP contribution is -2.48. The number of anilines is 3. The highest BCUT2D eigenvalue weighted by Crippen LogP contribution is 2.24. The third kappa shape index (κ3) is 5.00. The maximum absolute atomic E-state index is 13.2. The minimum atomic E-state index is -3.60. The molecule has 4 aromatic rings. The van der Waals surface area contributed by atoms with Crippen LogP contribution in [0.1, 0.15) is 11.5 Å². The molecule has 0 atom stereocenters. The Bertz CT molecular complexity index is 1400. The van der Waals surface area contributed by atoms with E-state index in [0.29, 0.717) is 55.2 Å². The van der Waals surface area contributed by atoms with E-state index in [2.05, 4.69) is 25.5 Å². The Labute approximate surface area is 203 Å². The predicted octanol–water partition coefficient (Wildman–Crippen LogP) is 3.40. The maximum atomic E-state index is 13.2. The summed E-state index contributed by atoms with van der Waals surface area (Å²) < 4.78 is 33.0. The number of sulfonamides is 1. The smallest absolute Gasteiger partial charge is 0.243 e. The van der Waals surface area contributed by atoms with Crippen LogP contribution < -0.4 is 10.2 Å². The molecule has 1 saturated heterocycles. The van der Waals surface area contributed by atoms with Gasteiger partial charge >= 0.3 is 0 Å². The van der Waals surface area contributed by atoms with E-state index < -0.39 is 10.0 Å². The van der Waals surface area contributed by atoms with E-state index in [-0.39, 0.29) is 4.90 Å². The summed E-state index contributed by atoms with van der Waals surface area (Å²) in [4.78, 5) is 10.9. The number of piperazine rings is 1. The molecule has 180 valence electrons. The Balaban J connectivity index is 1.20. The summed E-state index contributed by atoms with van der Waals surface area (Å²) in [7, 11) is -3.60. The van der Waals surface area contributed by atoms with Crippen molar-refractivity contribution < 1.29 is 12.8 Å². The SMILES string of the molecule is Cc1ccc(Nc2ccc(N3CCN(S(=O)(=O)c4ccc(-c5coc(C)n5)cc4)CC3)nn2)nc1. The molecule has 0 radical (unpaired) electrons. The number of aromatic nitrogens is 4. The highest BCUT2D eigenvalue weighted by Gasteiger charge is 2.29. The molecule has 0 unspecified atom stereocenters. The van der Waals surface area contributed by atoms with Crippen molar-refractivity contribution in [2.75, 3.05) is 36.4 Å². The van der Waals surface area contributed by atoms with Gasteiger partial charge in [-0.1, -0.05) is 18.2 Å². The van der Waals surface area contributed by atoms with Gasteiger partial charge in [0.2, 0.25) is 10.0 Å². The minimum absolute atomic E-state index is 0.259. The molecule has 1 fully saturated rings. The van der Waals surface area contributed by atoms with Crippen molar-refractivity contribution in [3.8, 4) is 11.3 Å². The van der Waals surface area contributed by atoms with Gasteiger partial charge < -0.3 is 14.6 Å². The van der Waals surface area contributed by atoms with Gasteiger partial charge in [0.1, 0.15) is 17.8 Å². The van der Waals surface area contributed by atoms with Crippen LogP contribution in [0.2, 0.25) is 0 Å². The van der Waals surface area contributed by atoms with E-state index in [0.717, 1.165) is 11.1 Å². The van der Waals surface area contributed by atoms with Crippen LogP contribution in [-0.4, -0.2) is 59.1 Å². The first-order chi connectivity index (χ1) is 16.9. The van der Waals surface area contributed by atoms with Crippen LogP contribution in [0.3, 0.4) is 0 Å². The summed E-state index contributed by atoms with van der Waals surface area (Å²) in [6, 6.07) is 14.3. The molecule has 35 heavy (non-hydrogen) atoms. The molecule has 1 N–H and O–H groups in total. The van der Waals surface area contributed by atoms with E-state index in [1.54, 1.807) is 43.6 Å². The van der Waals surface area contributed by atoms with E-state index in [1.165, 1.54) is 4.31 Å². The summed E-state index contributed by atoms with van der Waals surface area (Å²) in [5, 5.41) is 11.7. The molecule has 1 aliphatic heterocycles. The van der Waals surface area contributed by atoms with E-state index in [4.69, 9.17) is 4.42 Å². The lowest BCUT2D eigenvalue weighted by atomic mass is 10.2. The van der Waals surface area contributed by atoms with E-state index in [9.17, 15) is 8.42 Å². The summed E-state index contributed by atoms with van der Waals surface area (Å²) in [6.45, 7) is 5.52. The number of rotatable bonds is 6. The normalized spacial score (nSPS) is 14.7. The Morgan fingerprint density at radius 2 is 1.63 bits per heavy atom. The Morgan fingerprint density at radius 1 is 0.886 bits per heavy atom. The fourth-order valence-corrected chi connectivity index (χ4v) is 5.26. The number of aryl methyl sites for hydroxylation is 2. The molecule has 1 aliphatic rings. The highest BCUT2D eigenvalue weighted by molar-refractivity contribution is 7.89. The molecule has 11 heteroatoms. The second kappa shape index (κ2) is 9.43. The number of oxazole rings is 1. The Hall–Kier alpha value is -3.83. The van der Waals surface area contributed by atoms with Crippen LogP contribution in [0.5, 0.6) is 0 Å². The third-order valence-electron chi connectivity index (χ3n) is 5.79. The van der Waals surface area contributed by atoms with Gasteiger partial charge in [-0.25, -0.2) is 18.4 Å². The van der Waals surface area contributed by atoms with Gasteiger partial charge in [0.05, 0.1) is 4.90 Å². The zero-order valence-electron chi connectivity index (χ0n) is 19.4. The van der Waals surface area contributed by atoms with E-state index >= 15 is 0 Å². The summed E-state index contributed by atoms with van der Waals surface area (Å²) in [5.74, 6) is 2.56. The molecule has 10 nitrogen and oxygen atoms in total. The fourth-order valence-electron chi connectivity index (χ4n) is 3.83. The number of nitrogens with zero attached hydrogens (tertiary/aromatic N) is 6. The molecule has 3 aromatic heterocycles. The Kier molecular flexibility index (Phi) is 6.18. The average molecular weight is 492 g/mol. The average Bonchev–Trinajstić information content (AvgIpc) is 3.32. The largest absolute Gasteiger partial charge is 0.449 e. The van der Waals surface area contributed by atoms with Crippen molar-refractivity contribution in [3.05, 3.63) is 72.4 Å². The molecule has 0 amide bonds. The zero-order chi connectivity index (χ0) is 24.4. The number of pyridine rings is 1. The van der Waals surface area contributed by atoms with Crippen molar-refractivity contribution in [2.45, 2.75) is 18.7 Å². The molecule has 5 rings (SSSR count). The van der Waals surface area contributed by atoms with Gasteiger partial charge in [0.15, 0.2) is 17.5 Å². The van der Waals surface area contributed by atoms with Crippen LogP contribution in [0.15, 0.2) is 70.3 Å². The fraction of sp³-hybridized carbons (Fsp3) is 0.250. The quantitative estimate of drug-likeness (QED) is 0.433. The number of hydrogen-bond acceptors (Lipinski definition) is 9. The molecule has 0 aliphatic carbocycles. The van der Waals surface area contributed by atoms with Crippen molar-refractivity contribution in [3.63, 3.8) is 0 Å². The van der Waals surface area contributed by atoms with Gasteiger partial charge in [0.25, 0.3) is 0 Å². The molecule has 1 aromatic carbocycles. The topological polar surface area (TPSA) is 117 Å². The molecular weight excluding hydrogens is 466 g/mol. The van der Waals surface area contributed by atoms with Gasteiger partial charge in [-0.05, 0) is 42.8 Å². The monoisotopic (exact) mass is 491 g/mol. The van der Waals surface area contributed by atoms with Crippen molar-refractivity contribution in [1.82, 2.24) is 24.5 Å². The molecule has 0 bridgehead atoms. The van der Waals surface area contributed by atoms with Gasteiger partial charge in [0, 0.05) is 44.9 Å². The van der Waals surface area contributed by atoms with Gasteiger partial charge in [-0.3, -0.25) is 0 Å². The first-order valence-electron chi connectivity index (χ1n) is 11.2. The van der Waals surface area contributed by atoms with Crippen LogP contribution >= 0.6 is 0 Å². The number of hydrogen-bond donors (Lipinski definition) is 1. The van der Waals surface area contributed by atoms with Gasteiger partial charge in [-0.2, -0.15) is 4.31 Å². The van der Waals surface area contributed by atoms with Crippen molar-refractivity contribution in [2.24, 2.45) is 0 Å². The maximum Gasteiger partial charge on any atom is 0.243 e. The first-order valence-corrected chi connectivity index (χ1v) is 12.6. The van der Waals surface area contributed by atoms with Crippen molar-refractivity contribution in [1.29, 1.82) is 0 Å². The Morgan fingerprint density at radius 3 is 2.23 bits per heavy atom. The zero-order valence-corrected chi connectivity index (χ0v) is 20.2. The number of benzene rings is 1. The summed E-state index contributed by atoms with van der Waals surface area (Å²) in [5.41, 5.74) is 2.56. The van der Waals surface area contributed by atoms with E-state index in [1.807, 2.05) is 36.1 Å². The highest BCUT2D eigenvalue weighted by atomic mass is 32.2. The van der Waals surface area contributed by atoms with Crippen molar-refractivity contribution >= 4 is 27.5 Å².